The molecule has 0 aliphatic heterocycles. The van der Waals surface area contributed by atoms with Gasteiger partial charge in [-0.1, -0.05) is 18.2 Å². The summed E-state index contributed by atoms with van der Waals surface area (Å²) in [4.78, 5) is 27.0. The van der Waals surface area contributed by atoms with Crippen LogP contribution >= 0.6 is 11.3 Å². The standard InChI is InChI=1S/C22H22N2O3S/c1-14-7-2-3-9-16(14)20(25)24-22-19(17-10-4-5-11-18(17)28-22)21(26)23-13-15-8-6-12-27-15/h2-3,6-9,12H,4-5,10-11,13H2,1H3,(H,23,26)(H,24,25). The molecule has 5 nitrogen and oxygen atoms in total. The van der Waals surface area contributed by atoms with Crippen molar-refractivity contribution in [1.82, 2.24) is 5.32 Å². The quantitative estimate of drug-likeness (QED) is 0.658. The van der Waals surface area contributed by atoms with Crippen LogP contribution < -0.4 is 10.6 Å². The molecule has 0 saturated heterocycles. The summed E-state index contributed by atoms with van der Waals surface area (Å²) in [5, 5.41) is 6.56. The molecular formula is C22H22N2O3S. The molecule has 0 bridgehead atoms. The molecule has 28 heavy (non-hydrogen) atoms. The second kappa shape index (κ2) is 8.02. The first-order valence-electron chi connectivity index (χ1n) is 9.45. The Balaban J connectivity index is 1.61. The lowest BCUT2D eigenvalue weighted by Gasteiger charge is -2.13. The number of thiophene rings is 1. The van der Waals surface area contributed by atoms with E-state index in [0.29, 0.717) is 28.4 Å². The van der Waals surface area contributed by atoms with Gasteiger partial charge in [-0.05, 0) is 61.9 Å². The molecule has 2 heterocycles. The highest BCUT2D eigenvalue weighted by atomic mass is 32.1. The Hall–Kier alpha value is -2.86. The van der Waals surface area contributed by atoms with Crippen LogP contribution in [0.1, 0.15) is 55.3 Å². The molecule has 3 aromatic rings. The van der Waals surface area contributed by atoms with Gasteiger partial charge in [0.1, 0.15) is 10.8 Å². The minimum atomic E-state index is -0.184. The Bertz CT molecular complexity index is 1000. The van der Waals surface area contributed by atoms with Crippen molar-refractivity contribution in [3.05, 3.63) is 75.6 Å². The largest absolute Gasteiger partial charge is 0.467 e. The van der Waals surface area contributed by atoms with Crippen LogP contribution in [0.25, 0.3) is 0 Å². The van der Waals surface area contributed by atoms with Crippen LogP contribution in [0, 0.1) is 6.92 Å². The van der Waals surface area contributed by atoms with Gasteiger partial charge in [-0.2, -0.15) is 0 Å². The zero-order valence-corrected chi connectivity index (χ0v) is 16.5. The van der Waals surface area contributed by atoms with Gasteiger partial charge < -0.3 is 15.1 Å². The highest BCUT2D eigenvalue weighted by molar-refractivity contribution is 7.17. The van der Waals surface area contributed by atoms with E-state index in [1.54, 1.807) is 18.4 Å². The third-order valence-corrected chi connectivity index (χ3v) is 6.23. The van der Waals surface area contributed by atoms with Crippen molar-refractivity contribution in [1.29, 1.82) is 0 Å². The van der Waals surface area contributed by atoms with E-state index >= 15 is 0 Å². The molecule has 4 rings (SSSR count). The molecule has 2 N–H and O–H groups in total. The summed E-state index contributed by atoms with van der Waals surface area (Å²) in [6.45, 7) is 2.23. The van der Waals surface area contributed by atoms with Gasteiger partial charge in [0.05, 0.1) is 18.4 Å². The lowest BCUT2D eigenvalue weighted by atomic mass is 9.95. The molecule has 0 atom stereocenters. The lowest BCUT2D eigenvalue weighted by molar-refractivity contribution is 0.0948. The molecular weight excluding hydrogens is 372 g/mol. The van der Waals surface area contributed by atoms with E-state index in [4.69, 9.17) is 4.42 Å². The molecule has 2 aromatic heterocycles. The summed E-state index contributed by atoms with van der Waals surface area (Å²) in [6.07, 6.45) is 5.59. The highest BCUT2D eigenvalue weighted by Gasteiger charge is 2.26. The van der Waals surface area contributed by atoms with E-state index in [0.717, 1.165) is 36.8 Å². The Morgan fingerprint density at radius 3 is 2.68 bits per heavy atom. The van der Waals surface area contributed by atoms with Crippen molar-refractivity contribution >= 4 is 28.2 Å². The van der Waals surface area contributed by atoms with Crippen LogP contribution in [0.2, 0.25) is 0 Å². The molecule has 0 unspecified atom stereocenters. The number of fused-ring (bicyclic) bond motifs is 1. The zero-order chi connectivity index (χ0) is 19.5. The van der Waals surface area contributed by atoms with Crippen LogP contribution in [0.15, 0.2) is 47.1 Å². The number of carbonyl (C=O) groups excluding carboxylic acids is 2. The number of aryl methyl sites for hydroxylation is 2. The maximum atomic E-state index is 13.0. The van der Waals surface area contributed by atoms with Crippen molar-refractivity contribution in [2.75, 3.05) is 5.32 Å². The minimum Gasteiger partial charge on any atom is -0.467 e. The molecule has 0 fully saturated rings. The highest BCUT2D eigenvalue weighted by Crippen LogP contribution is 2.38. The molecule has 0 radical (unpaired) electrons. The summed E-state index contributed by atoms with van der Waals surface area (Å²) >= 11 is 1.53. The van der Waals surface area contributed by atoms with Crippen LogP contribution in [0.5, 0.6) is 0 Å². The first-order valence-corrected chi connectivity index (χ1v) is 10.3. The summed E-state index contributed by atoms with van der Waals surface area (Å²) < 4.78 is 5.30. The molecule has 1 aliphatic rings. The Morgan fingerprint density at radius 1 is 1.07 bits per heavy atom. The fourth-order valence-electron chi connectivity index (χ4n) is 3.56. The van der Waals surface area contributed by atoms with Gasteiger partial charge in [0.15, 0.2) is 0 Å². The number of rotatable bonds is 5. The number of carbonyl (C=O) groups is 2. The van der Waals surface area contributed by atoms with Gasteiger partial charge in [0.25, 0.3) is 11.8 Å². The molecule has 144 valence electrons. The van der Waals surface area contributed by atoms with E-state index in [-0.39, 0.29) is 11.8 Å². The minimum absolute atomic E-state index is 0.170. The molecule has 1 aliphatic carbocycles. The number of amides is 2. The predicted molar refractivity (Wildman–Crippen MR) is 110 cm³/mol. The molecule has 2 amide bonds. The van der Waals surface area contributed by atoms with Crippen LogP contribution in [-0.4, -0.2) is 11.8 Å². The Kier molecular flexibility index (Phi) is 5.30. The van der Waals surface area contributed by atoms with E-state index in [1.165, 1.54) is 16.2 Å². The number of hydrogen-bond acceptors (Lipinski definition) is 4. The van der Waals surface area contributed by atoms with Crippen molar-refractivity contribution in [2.45, 2.75) is 39.2 Å². The average molecular weight is 394 g/mol. The van der Waals surface area contributed by atoms with Gasteiger partial charge in [-0.25, -0.2) is 0 Å². The first-order chi connectivity index (χ1) is 13.6. The van der Waals surface area contributed by atoms with Gasteiger partial charge in [0.2, 0.25) is 0 Å². The van der Waals surface area contributed by atoms with Gasteiger partial charge in [-0.15, -0.1) is 11.3 Å². The van der Waals surface area contributed by atoms with E-state index < -0.39 is 0 Å². The van der Waals surface area contributed by atoms with Crippen LogP contribution in [-0.2, 0) is 19.4 Å². The van der Waals surface area contributed by atoms with Crippen LogP contribution in [0.4, 0.5) is 5.00 Å². The molecule has 6 heteroatoms. The third-order valence-electron chi connectivity index (χ3n) is 5.02. The SMILES string of the molecule is Cc1ccccc1C(=O)Nc1sc2c(c1C(=O)NCc1ccco1)CCCC2. The molecule has 0 saturated carbocycles. The molecule has 1 aromatic carbocycles. The van der Waals surface area contributed by atoms with Gasteiger partial charge >= 0.3 is 0 Å². The Labute approximate surface area is 167 Å². The fourth-order valence-corrected chi connectivity index (χ4v) is 4.84. The van der Waals surface area contributed by atoms with Crippen molar-refractivity contribution < 1.29 is 14.0 Å². The third kappa shape index (κ3) is 3.73. The summed E-state index contributed by atoms with van der Waals surface area (Å²) in [5.74, 6) is 0.343. The molecule has 0 spiro atoms. The topological polar surface area (TPSA) is 71.3 Å². The Morgan fingerprint density at radius 2 is 1.89 bits per heavy atom. The monoisotopic (exact) mass is 394 g/mol. The number of nitrogens with one attached hydrogen (secondary N) is 2. The maximum Gasteiger partial charge on any atom is 0.256 e. The smallest absolute Gasteiger partial charge is 0.256 e. The lowest BCUT2D eigenvalue weighted by Crippen LogP contribution is -2.25. The second-order valence-corrected chi connectivity index (χ2v) is 8.05. The van der Waals surface area contributed by atoms with Gasteiger partial charge in [-0.3, -0.25) is 9.59 Å². The number of benzene rings is 1. The predicted octanol–water partition coefficient (Wildman–Crippen LogP) is 4.71. The average Bonchev–Trinajstić information content (AvgIpc) is 3.33. The zero-order valence-electron chi connectivity index (χ0n) is 15.7. The van der Waals surface area contributed by atoms with Gasteiger partial charge in [0, 0.05) is 10.4 Å². The maximum absolute atomic E-state index is 13.0. The van der Waals surface area contributed by atoms with E-state index in [2.05, 4.69) is 10.6 Å². The van der Waals surface area contributed by atoms with Crippen molar-refractivity contribution in [2.24, 2.45) is 0 Å². The first kappa shape index (κ1) is 18.5. The van der Waals surface area contributed by atoms with E-state index in [9.17, 15) is 9.59 Å². The van der Waals surface area contributed by atoms with Crippen molar-refractivity contribution in [3.63, 3.8) is 0 Å². The number of furan rings is 1. The summed E-state index contributed by atoms with van der Waals surface area (Å²) in [7, 11) is 0. The normalized spacial score (nSPS) is 13.0. The summed E-state index contributed by atoms with van der Waals surface area (Å²) in [6, 6.07) is 11.1. The second-order valence-electron chi connectivity index (χ2n) is 6.95. The van der Waals surface area contributed by atoms with Crippen molar-refractivity contribution in [3.8, 4) is 0 Å². The fraction of sp³-hybridized carbons (Fsp3) is 0.273. The van der Waals surface area contributed by atoms with E-state index in [1.807, 2.05) is 31.2 Å². The number of hydrogen-bond donors (Lipinski definition) is 2. The summed E-state index contributed by atoms with van der Waals surface area (Å²) in [5.41, 5.74) is 3.21. The number of anilines is 1. The van der Waals surface area contributed by atoms with Crippen LogP contribution in [0.3, 0.4) is 0 Å².